The van der Waals surface area contributed by atoms with Crippen molar-refractivity contribution in [2.24, 2.45) is 0 Å². The number of hydrogen-bond donors (Lipinski definition) is 3. The number of nitrogens with one attached hydrogen (secondary N) is 2. The maximum atomic E-state index is 13.1. The van der Waals surface area contributed by atoms with Crippen LogP contribution in [0.5, 0.6) is 0 Å². The summed E-state index contributed by atoms with van der Waals surface area (Å²) >= 11 is 0. The van der Waals surface area contributed by atoms with Crippen LogP contribution in [0.3, 0.4) is 0 Å². The lowest BCUT2D eigenvalue weighted by molar-refractivity contribution is 0.0698. The predicted molar refractivity (Wildman–Crippen MR) is 70.7 cm³/mol. The summed E-state index contributed by atoms with van der Waals surface area (Å²) in [5.74, 6) is -2.31. The van der Waals surface area contributed by atoms with Crippen LogP contribution in [0.15, 0.2) is 18.2 Å². The van der Waals surface area contributed by atoms with Gasteiger partial charge in [0, 0.05) is 0 Å². The van der Waals surface area contributed by atoms with Crippen molar-refractivity contribution in [1.29, 1.82) is 0 Å². The van der Waals surface area contributed by atoms with Gasteiger partial charge in [-0.2, -0.15) is 8.42 Å². The first kappa shape index (κ1) is 16.7. The maximum Gasteiger partial charge on any atom is 0.422 e. The van der Waals surface area contributed by atoms with Gasteiger partial charge in [0.1, 0.15) is 5.82 Å². The third-order valence-corrected chi connectivity index (χ3v) is 2.94. The minimum atomic E-state index is -4.46. The molecule has 1 amide bonds. The Balaban J connectivity index is 2.96. The second kappa shape index (κ2) is 6.39. The molecule has 0 aliphatic carbocycles. The molecule has 0 fully saturated rings. The fraction of sp³-hybridized carbons (Fsp3) is 0.273. The van der Waals surface area contributed by atoms with E-state index in [1.165, 1.54) is 18.6 Å². The molecule has 1 aromatic rings. The second-order valence-electron chi connectivity index (χ2n) is 4.16. The zero-order valence-corrected chi connectivity index (χ0v) is 11.9. The summed E-state index contributed by atoms with van der Waals surface area (Å²) in [6.07, 6.45) is -1.80. The number of carboxylic acids is 1. The van der Waals surface area contributed by atoms with Crippen molar-refractivity contribution in [3.05, 3.63) is 29.6 Å². The lowest BCUT2D eigenvalue weighted by atomic mass is 10.2. The third kappa shape index (κ3) is 5.26. The van der Waals surface area contributed by atoms with Crippen molar-refractivity contribution in [2.45, 2.75) is 20.0 Å². The summed E-state index contributed by atoms with van der Waals surface area (Å²) in [7, 11) is -4.46. The van der Waals surface area contributed by atoms with Gasteiger partial charge in [0.2, 0.25) is 0 Å². The van der Waals surface area contributed by atoms with Crippen LogP contribution in [0.2, 0.25) is 0 Å². The largest absolute Gasteiger partial charge is 0.478 e. The molecule has 0 bridgehead atoms. The van der Waals surface area contributed by atoms with E-state index in [0.717, 1.165) is 12.1 Å². The van der Waals surface area contributed by atoms with E-state index in [4.69, 9.17) is 5.11 Å². The molecule has 1 aromatic carbocycles. The van der Waals surface area contributed by atoms with Gasteiger partial charge in [-0.15, -0.1) is 0 Å². The lowest BCUT2D eigenvalue weighted by Crippen LogP contribution is -2.37. The zero-order chi connectivity index (χ0) is 16.2. The maximum absolute atomic E-state index is 13.1. The molecule has 1 rings (SSSR count). The number of ether oxygens (including phenoxy) is 1. The van der Waals surface area contributed by atoms with Crippen LogP contribution in [0.1, 0.15) is 24.2 Å². The number of benzene rings is 1. The topological polar surface area (TPSA) is 122 Å². The fourth-order valence-corrected chi connectivity index (χ4v) is 2.08. The SMILES string of the molecule is CC(C)OC(=O)NS(=O)(=O)Nc1cc(F)ccc1C(=O)O. The number of carbonyl (C=O) groups excluding carboxylic acids is 1. The van der Waals surface area contributed by atoms with Crippen LogP contribution < -0.4 is 9.44 Å². The predicted octanol–water partition coefficient (Wildman–Crippen LogP) is 1.32. The Kier molecular flexibility index (Phi) is 5.08. The molecule has 0 spiro atoms. The number of anilines is 1. The van der Waals surface area contributed by atoms with Crippen LogP contribution in [0.25, 0.3) is 0 Å². The number of aromatic carboxylic acids is 1. The molecule has 0 saturated heterocycles. The standard InChI is InChI=1S/C11H13FN2O6S/c1-6(2)20-11(17)14-21(18,19)13-9-5-7(12)3-4-8(9)10(15)16/h3-6,13H,1-2H3,(H,14,17)(H,15,16). The molecule has 0 atom stereocenters. The molecule has 0 aromatic heterocycles. The number of rotatable bonds is 5. The van der Waals surface area contributed by atoms with E-state index in [1.807, 2.05) is 0 Å². The molecule has 8 nitrogen and oxygen atoms in total. The van der Waals surface area contributed by atoms with E-state index in [9.17, 15) is 22.4 Å². The van der Waals surface area contributed by atoms with Crippen molar-refractivity contribution in [3.63, 3.8) is 0 Å². The number of carboxylic acid groups (broad SMARTS) is 1. The first-order valence-electron chi connectivity index (χ1n) is 5.64. The first-order chi connectivity index (χ1) is 9.60. The summed E-state index contributed by atoms with van der Waals surface area (Å²) in [4.78, 5) is 22.1. The minimum Gasteiger partial charge on any atom is -0.478 e. The molecule has 21 heavy (non-hydrogen) atoms. The monoisotopic (exact) mass is 320 g/mol. The van der Waals surface area contributed by atoms with Crippen molar-refractivity contribution in [3.8, 4) is 0 Å². The summed E-state index contributed by atoms with van der Waals surface area (Å²) < 4.78 is 44.2. The van der Waals surface area contributed by atoms with Crippen molar-refractivity contribution >= 4 is 28.0 Å². The zero-order valence-electron chi connectivity index (χ0n) is 11.1. The fourth-order valence-electron chi connectivity index (χ4n) is 1.31. The van der Waals surface area contributed by atoms with Crippen LogP contribution in [-0.4, -0.2) is 31.7 Å². The Morgan fingerprint density at radius 3 is 2.48 bits per heavy atom. The van der Waals surface area contributed by atoms with Crippen LogP contribution in [0, 0.1) is 5.82 Å². The molecule has 116 valence electrons. The highest BCUT2D eigenvalue weighted by atomic mass is 32.2. The van der Waals surface area contributed by atoms with Gasteiger partial charge in [0.15, 0.2) is 0 Å². The summed E-state index contributed by atoms with van der Waals surface area (Å²) in [5, 5.41) is 8.88. The quantitative estimate of drug-likeness (QED) is 0.752. The number of carbonyl (C=O) groups is 2. The van der Waals surface area contributed by atoms with Gasteiger partial charge in [-0.1, -0.05) is 0 Å². The van der Waals surface area contributed by atoms with Gasteiger partial charge < -0.3 is 9.84 Å². The van der Waals surface area contributed by atoms with E-state index in [2.05, 4.69) is 4.74 Å². The molecule has 0 aliphatic heterocycles. The molecular formula is C11H13FN2O6S. The Bertz CT molecular complexity index is 659. The third-order valence-electron chi connectivity index (χ3n) is 2.02. The highest BCUT2D eigenvalue weighted by Gasteiger charge is 2.20. The van der Waals surface area contributed by atoms with Gasteiger partial charge in [-0.25, -0.2) is 18.7 Å². The highest BCUT2D eigenvalue weighted by molar-refractivity contribution is 7.91. The second-order valence-corrected chi connectivity index (χ2v) is 5.57. The molecule has 3 N–H and O–H groups in total. The van der Waals surface area contributed by atoms with Gasteiger partial charge in [-0.05, 0) is 32.0 Å². The summed E-state index contributed by atoms with van der Waals surface area (Å²) in [5.41, 5.74) is -0.994. The Morgan fingerprint density at radius 1 is 1.33 bits per heavy atom. The average Bonchev–Trinajstić information content (AvgIpc) is 2.24. The Hall–Kier alpha value is -2.36. The Labute approximate surface area is 120 Å². The van der Waals surface area contributed by atoms with Crippen LogP contribution >= 0.6 is 0 Å². The van der Waals surface area contributed by atoms with Crippen LogP contribution in [-0.2, 0) is 14.9 Å². The molecule has 0 unspecified atom stereocenters. The number of amides is 1. The average molecular weight is 320 g/mol. The normalized spacial score (nSPS) is 11.0. The van der Waals surface area contributed by atoms with E-state index in [-0.39, 0.29) is 0 Å². The van der Waals surface area contributed by atoms with E-state index < -0.39 is 45.4 Å². The molecule has 0 heterocycles. The molecular weight excluding hydrogens is 307 g/mol. The summed E-state index contributed by atoms with van der Waals surface area (Å²) in [6.45, 7) is 3.02. The van der Waals surface area contributed by atoms with Crippen molar-refractivity contribution in [1.82, 2.24) is 4.72 Å². The van der Waals surface area contributed by atoms with Crippen LogP contribution in [0.4, 0.5) is 14.9 Å². The smallest absolute Gasteiger partial charge is 0.422 e. The molecule has 0 saturated carbocycles. The summed E-state index contributed by atoms with van der Waals surface area (Å²) in [6, 6.07) is 2.43. The highest BCUT2D eigenvalue weighted by Crippen LogP contribution is 2.18. The van der Waals surface area contributed by atoms with E-state index in [1.54, 1.807) is 4.72 Å². The number of halogens is 1. The molecule has 0 radical (unpaired) electrons. The van der Waals surface area contributed by atoms with Crippen molar-refractivity contribution in [2.75, 3.05) is 4.72 Å². The molecule has 10 heteroatoms. The number of hydrogen-bond acceptors (Lipinski definition) is 5. The first-order valence-corrected chi connectivity index (χ1v) is 7.13. The van der Waals surface area contributed by atoms with Gasteiger partial charge in [0.25, 0.3) is 0 Å². The van der Waals surface area contributed by atoms with Gasteiger partial charge in [-0.3, -0.25) is 4.72 Å². The van der Waals surface area contributed by atoms with Gasteiger partial charge in [0.05, 0.1) is 17.4 Å². The minimum absolute atomic E-state index is 0.473. The van der Waals surface area contributed by atoms with Gasteiger partial charge >= 0.3 is 22.3 Å². The Morgan fingerprint density at radius 2 is 1.95 bits per heavy atom. The molecule has 0 aliphatic rings. The van der Waals surface area contributed by atoms with Crippen molar-refractivity contribution < 1.29 is 32.2 Å². The van der Waals surface area contributed by atoms with E-state index >= 15 is 0 Å². The lowest BCUT2D eigenvalue weighted by Gasteiger charge is -2.12. The van der Waals surface area contributed by atoms with E-state index in [0.29, 0.717) is 6.07 Å².